The molecule has 2 N–H and O–H groups in total. The lowest BCUT2D eigenvalue weighted by molar-refractivity contribution is -0.132. The number of nitrogens with one attached hydrogen (secondary N) is 2. The predicted molar refractivity (Wildman–Crippen MR) is 119 cm³/mol. The second-order valence-corrected chi connectivity index (χ2v) is 11.0. The van der Waals surface area contributed by atoms with Gasteiger partial charge in [0.15, 0.2) is 0 Å². The SMILES string of the molecule is O=C(CNC(=O)CC12CC3CC(CC(C3)C1)C2)NCC1(c2ccc(F)cc2)CCOCC1. The van der Waals surface area contributed by atoms with Crippen LogP contribution < -0.4 is 10.6 Å². The largest absolute Gasteiger partial charge is 0.381 e. The van der Waals surface area contributed by atoms with Gasteiger partial charge >= 0.3 is 0 Å². The van der Waals surface area contributed by atoms with Crippen LogP contribution in [0.1, 0.15) is 63.4 Å². The predicted octanol–water partition coefficient (Wildman–Crippen LogP) is 3.71. The number of ether oxygens (including phenoxy) is 1. The lowest BCUT2D eigenvalue weighted by Crippen LogP contribution is -2.49. The standard InChI is InChI=1S/C26H35FN2O3/c27-22-3-1-21(2-4-22)26(5-7-32-8-6-26)17-29-24(31)16-28-23(30)15-25-12-18-9-19(13-25)11-20(10-18)14-25/h1-4,18-20H,5-17H2,(H,28,30)(H,29,31). The zero-order valence-electron chi connectivity index (χ0n) is 18.8. The molecule has 5 nitrogen and oxygen atoms in total. The van der Waals surface area contributed by atoms with Crippen LogP contribution in [0, 0.1) is 29.0 Å². The average Bonchev–Trinajstić information content (AvgIpc) is 2.76. The van der Waals surface area contributed by atoms with E-state index in [-0.39, 0.29) is 35.0 Å². The fourth-order valence-corrected chi connectivity index (χ4v) is 7.55. The van der Waals surface area contributed by atoms with Crippen molar-refractivity contribution in [2.75, 3.05) is 26.3 Å². The van der Waals surface area contributed by atoms with Crippen molar-refractivity contribution in [2.24, 2.45) is 23.2 Å². The zero-order valence-corrected chi connectivity index (χ0v) is 18.8. The van der Waals surface area contributed by atoms with Crippen molar-refractivity contribution in [2.45, 2.75) is 63.2 Å². The molecule has 5 fully saturated rings. The van der Waals surface area contributed by atoms with Crippen LogP contribution >= 0.6 is 0 Å². The molecule has 32 heavy (non-hydrogen) atoms. The highest BCUT2D eigenvalue weighted by Crippen LogP contribution is 2.61. The molecule has 0 aromatic heterocycles. The lowest BCUT2D eigenvalue weighted by atomic mass is 9.49. The summed E-state index contributed by atoms with van der Waals surface area (Å²) in [6.45, 7) is 1.72. The molecule has 1 saturated heterocycles. The molecule has 4 aliphatic carbocycles. The van der Waals surface area contributed by atoms with Crippen molar-refractivity contribution >= 4 is 11.8 Å². The van der Waals surface area contributed by atoms with E-state index in [2.05, 4.69) is 10.6 Å². The molecular weight excluding hydrogens is 407 g/mol. The lowest BCUT2D eigenvalue weighted by Gasteiger charge is -2.56. The number of benzene rings is 1. The first-order valence-corrected chi connectivity index (χ1v) is 12.3. The van der Waals surface area contributed by atoms with Gasteiger partial charge in [-0.15, -0.1) is 0 Å². The van der Waals surface area contributed by atoms with Crippen molar-refractivity contribution in [3.05, 3.63) is 35.6 Å². The van der Waals surface area contributed by atoms with E-state index in [9.17, 15) is 14.0 Å². The number of amides is 2. The first-order chi connectivity index (χ1) is 15.4. The maximum absolute atomic E-state index is 13.4. The van der Waals surface area contributed by atoms with Crippen LogP contribution in [0.5, 0.6) is 0 Å². The van der Waals surface area contributed by atoms with Crippen LogP contribution in [0.2, 0.25) is 0 Å². The summed E-state index contributed by atoms with van der Waals surface area (Å²) in [5.74, 6) is 2.04. The van der Waals surface area contributed by atoms with E-state index < -0.39 is 0 Å². The number of hydrogen-bond donors (Lipinski definition) is 2. The van der Waals surface area contributed by atoms with Crippen LogP contribution in [0.4, 0.5) is 4.39 Å². The Hall–Kier alpha value is -1.95. The van der Waals surface area contributed by atoms with E-state index >= 15 is 0 Å². The number of halogens is 1. The normalized spacial score (nSPS) is 32.5. The molecule has 1 heterocycles. The Morgan fingerprint density at radius 2 is 1.50 bits per heavy atom. The third kappa shape index (κ3) is 4.57. The van der Waals surface area contributed by atoms with Gasteiger partial charge in [0.1, 0.15) is 5.82 Å². The summed E-state index contributed by atoms with van der Waals surface area (Å²) in [7, 11) is 0. The van der Waals surface area contributed by atoms with Gasteiger partial charge in [-0.25, -0.2) is 4.39 Å². The summed E-state index contributed by atoms with van der Waals surface area (Å²) in [6, 6.07) is 6.55. The first kappa shape index (κ1) is 21.9. The Labute approximate surface area is 189 Å². The molecule has 0 atom stereocenters. The number of carbonyl (C=O) groups excluding carboxylic acids is 2. The van der Waals surface area contributed by atoms with Crippen LogP contribution in [0.3, 0.4) is 0 Å². The summed E-state index contributed by atoms with van der Waals surface area (Å²) < 4.78 is 18.9. The Bertz CT molecular complexity index is 812. The number of hydrogen-bond acceptors (Lipinski definition) is 3. The van der Waals surface area contributed by atoms with Crippen molar-refractivity contribution in [1.29, 1.82) is 0 Å². The molecule has 6 heteroatoms. The van der Waals surface area contributed by atoms with Crippen LogP contribution in [0.25, 0.3) is 0 Å². The van der Waals surface area contributed by atoms with E-state index in [1.54, 1.807) is 12.1 Å². The minimum absolute atomic E-state index is 0.0151. The Kier molecular flexibility index (Phi) is 5.99. The highest BCUT2D eigenvalue weighted by molar-refractivity contribution is 5.85. The molecule has 4 bridgehead atoms. The van der Waals surface area contributed by atoms with Gasteiger partial charge in [-0.1, -0.05) is 12.1 Å². The van der Waals surface area contributed by atoms with Crippen LogP contribution in [0.15, 0.2) is 24.3 Å². The Morgan fingerprint density at radius 3 is 2.09 bits per heavy atom. The fourth-order valence-electron chi connectivity index (χ4n) is 7.55. The second-order valence-electron chi connectivity index (χ2n) is 11.0. The van der Waals surface area contributed by atoms with Crippen molar-refractivity contribution in [3.8, 4) is 0 Å². The van der Waals surface area contributed by atoms with Crippen molar-refractivity contribution in [1.82, 2.24) is 10.6 Å². The molecule has 0 radical (unpaired) electrons. The highest BCUT2D eigenvalue weighted by atomic mass is 19.1. The van der Waals surface area contributed by atoms with E-state index in [0.29, 0.717) is 26.2 Å². The second kappa shape index (κ2) is 8.77. The molecule has 1 aromatic rings. The number of rotatable bonds is 7. The summed E-state index contributed by atoms with van der Waals surface area (Å²) in [5.41, 5.74) is 0.947. The molecular formula is C26H35FN2O3. The molecule has 1 aliphatic heterocycles. The highest BCUT2D eigenvalue weighted by Gasteiger charge is 2.51. The first-order valence-electron chi connectivity index (χ1n) is 12.3. The summed E-state index contributed by atoms with van der Waals surface area (Å²) >= 11 is 0. The van der Waals surface area contributed by atoms with Gasteiger partial charge in [-0.05, 0) is 92.2 Å². The van der Waals surface area contributed by atoms with Gasteiger partial charge in [0.25, 0.3) is 0 Å². The summed E-state index contributed by atoms with van der Waals surface area (Å²) in [6.07, 6.45) is 9.80. The number of carbonyl (C=O) groups is 2. The maximum Gasteiger partial charge on any atom is 0.239 e. The van der Waals surface area contributed by atoms with Crippen molar-refractivity contribution < 1.29 is 18.7 Å². The van der Waals surface area contributed by atoms with Crippen molar-refractivity contribution in [3.63, 3.8) is 0 Å². The molecule has 174 valence electrons. The summed E-state index contributed by atoms with van der Waals surface area (Å²) in [5, 5.41) is 5.90. The van der Waals surface area contributed by atoms with E-state index in [0.717, 1.165) is 36.2 Å². The maximum atomic E-state index is 13.4. The minimum atomic E-state index is -0.262. The van der Waals surface area contributed by atoms with Gasteiger partial charge in [0, 0.05) is 31.6 Å². The third-order valence-electron chi connectivity index (χ3n) is 8.68. The molecule has 6 rings (SSSR count). The van der Waals surface area contributed by atoms with Crippen LogP contribution in [-0.2, 0) is 19.7 Å². The van der Waals surface area contributed by atoms with Crippen LogP contribution in [-0.4, -0.2) is 38.1 Å². The van der Waals surface area contributed by atoms with E-state index in [1.165, 1.54) is 50.7 Å². The minimum Gasteiger partial charge on any atom is -0.381 e. The molecule has 0 unspecified atom stereocenters. The van der Waals surface area contributed by atoms with Gasteiger partial charge in [0.05, 0.1) is 6.54 Å². The quantitative estimate of drug-likeness (QED) is 0.677. The third-order valence-corrected chi connectivity index (χ3v) is 8.68. The Morgan fingerprint density at radius 1 is 0.906 bits per heavy atom. The molecule has 4 saturated carbocycles. The summed E-state index contributed by atoms with van der Waals surface area (Å²) in [4.78, 5) is 25.3. The van der Waals surface area contributed by atoms with Gasteiger partial charge in [-0.2, -0.15) is 0 Å². The van der Waals surface area contributed by atoms with E-state index in [1.807, 2.05) is 0 Å². The molecule has 0 spiro atoms. The molecule has 2 amide bonds. The average molecular weight is 443 g/mol. The Balaban J connectivity index is 1.13. The molecule has 1 aromatic carbocycles. The zero-order chi connectivity index (χ0) is 22.2. The van der Waals surface area contributed by atoms with Gasteiger partial charge < -0.3 is 15.4 Å². The topological polar surface area (TPSA) is 67.4 Å². The fraction of sp³-hybridized carbons (Fsp3) is 0.692. The van der Waals surface area contributed by atoms with E-state index in [4.69, 9.17) is 4.74 Å². The molecule has 5 aliphatic rings. The smallest absolute Gasteiger partial charge is 0.239 e. The van der Waals surface area contributed by atoms with Gasteiger partial charge in [0.2, 0.25) is 11.8 Å². The van der Waals surface area contributed by atoms with Gasteiger partial charge in [-0.3, -0.25) is 9.59 Å². The monoisotopic (exact) mass is 442 g/mol.